The van der Waals surface area contributed by atoms with Crippen LogP contribution in [0.1, 0.15) is 10.4 Å². The third-order valence-corrected chi connectivity index (χ3v) is 3.17. The molecule has 0 unspecified atom stereocenters. The molecule has 0 fully saturated rings. The first kappa shape index (κ1) is 16.0. The maximum atomic E-state index is 12.0. The average molecular weight is 321 g/mol. The summed E-state index contributed by atoms with van der Waals surface area (Å²) in [6.07, 6.45) is 0. The van der Waals surface area contributed by atoms with Gasteiger partial charge in [0, 0.05) is 19.1 Å². The molecule has 2 aromatic rings. The van der Waals surface area contributed by atoms with Gasteiger partial charge in [-0.2, -0.15) is 0 Å². The Morgan fingerprint density at radius 2 is 1.95 bits per heavy atom. The van der Waals surface area contributed by atoms with E-state index in [-0.39, 0.29) is 24.0 Å². The Kier molecular flexibility index (Phi) is 5.12. The maximum absolute atomic E-state index is 12.0. The number of hydrogen-bond donors (Lipinski definition) is 2. The summed E-state index contributed by atoms with van der Waals surface area (Å²) in [5.74, 6) is 0.216. The molecular formula is C16H17ClN2O3. The van der Waals surface area contributed by atoms with E-state index in [1.165, 1.54) is 17.0 Å². The van der Waals surface area contributed by atoms with Crippen LogP contribution in [0.3, 0.4) is 0 Å². The zero-order valence-electron chi connectivity index (χ0n) is 12.3. The van der Waals surface area contributed by atoms with Gasteiger partial charge in [0.1, 0.15) is 5.75 Å². The molecule has 116 valence electrons. The minimum atomic E-state index is -0.327. The molecule has 0 aliphatic heterocycles. The first-order valence-corrected chi connectivity index (χ1v) is 7.02. The molecule has 0 bridgehead atoms. The van der Waals surface area contributed by atoms with Crippen LogP contribution in [0.15, 0.2) is 42.5 Å². The highest BCUT2D eigenvalue weighted by Gasteiger charge is 2.17. The van der Waals surface area contributed by atoms with Crippen LogP contribution in [-0.2, 0) is 0 Å². The van der Waals surface area contributed by atoms with Crippen LogP contribution in [-0.4, -0.2) is 36.7 Å². The first-order chi connectivity index (χ1) is 10.5. The van der Waals surface area contributed by atoms with E-state index in [0.29, 0.717) is 16.5 Å². The number of anilines is 1. The third-order valence-electron chi connectivity index (χ3n) is 2.96. The van der Waals surface area contributed by atoms with Crippen LogP contribution >= 0.6 is 11.6 Å². The number of aromatic hydroxyl groups is 1. The van der Waals surface area contributed by atoms with Gasteiger partial charge in [0.25, 0.3) is 5.91 Å². The van der Waals surface area contributed by atoms with Crippen molar-refractivity contribution in [1.29, 1.82) is 0 Å². The van der Waals surface area contributed by atoms with Gasteiger partial charge >= 0.3 is 0 Å². The lowest BCUT2D eigenvalue weighted by Gasteiger charge is -2.15. The van der Waals surface area contributed by atoms with Crippen LogP contribution in [0.25, 0.3) is 0 Å². The summed E-state index contributed by atoms with van der Waals surface area (Å²) >= 11 is 6.00. The lowest BCUT2D eigenvalue weighted by atomic mass is 10.1. The third kappa shape index (κ3) is 3.83. The lowest BCUT2D eigenvalue weighted by molar-refractivity contribution is 0.0824. The van der Waals surface area contributed by atoms with Gasteiger partial charge < -0.3 is 20.1 Å². The van der Waals surface area contributed by atoms with Crippen molar-refractivity contribution < 1.29 is 14.6 Å². The number of nitrogens with zero attached hydrogens (tertiary/aromatic N) is 1. The normalized spacial score (nSPS) is 10.1. The van der Waals surface area contributed by atoms with Gasteiger partial charge in [-0.1, -0.05) is 29.8 Å². The number of amides is 1. The van der Waals surface area contributed by atoms with Crippen molar-refractivity contribution in [3.05, 3.63) is 53.1 Å². The van der Waals surface area contributed by atoms with E-state index in [4.69, 9.17) is 16.3 Å². The molecule has 0 saturated heterocycles. The summed E-state index contributed by atoms with van der Waals surface area (Å²) in [5.41, 5.74) is 0.480. The number of carbonyl (C=O) groups is 1. The number of phenols is 1. The molecule has 0 aromatic heterocycles. The molecule has 0 radical (unpaired) electrons. The van der Waals surface area contributed by atoms with Crippen LogP contribution in [0.5, 0.6) is 11.5 Å². The minimum absolute atomic E-state index is 0.132. The highest BCUT2D eigenvalue weighted by atomic mass is 35.5. The largest absolute Gasteiger partial charge is 0.505 e. The van der Waals surface area contributed by atoms with Crippen LogP contribution in [0.2, 0.25) is 5.02 Å². The smallest absolute Gasteiger partial charge is 0.257 e. The number of phenolic OH excluding ortho intramolecular Hbond substituents is 1. The number of halogens is 1. The SMILES string of the molecule is CN(C)C(=O)c1cc(Cl)cc(NCOc2ccccc2)c1O. The van der Waals surface area contributed by atoms with Crippen LogP contribution in [0.4, 0.5) is 5.69 Å². The number of nitrogens with one attached hydrogen (secondary N) is 1. The van der Waals surface area contributed by atoms with Crippen molar-refractivity contribution in [2.75, 3.05) is 26.1 Å². The number of rotatable bonds is 5. The molecule has 0 heterocycles. The molecule has 1 amide bonds. The Bertz CT molecular complexity index is 660. The predicted octanol–water partition coefficient (Wildman–Crippen LogP) is 3.20. The van der Waals surface area contributed by atoms with E-state index in [9.17, 15) is 9.90 Å². The molecular weight excluding hydrogens is 304 g/mol. The molecule has 2 rings (SSSR count). The van der Waals surface area contributed by atoms with Crippen molar-refractivity contribution >= 4 is 23.2 Å². The zero-order chi connectivity index (χ0) is 16.1. The van der Waals surface area contributed by atoms with Gasteiger partial charge in [0.2, 0.25) is 0 Å². The molecule has 2 N–H and O–H groups in total. The zero-order valence-corrected chi connectivity index (χ0v) is 13.1. The number of carbonyl (C=O) groups excluding carboxylic acids is 1. The minimum Gasteiger partial charge on any atom is -0.505 e. The summed E-state index contributed by atoms with van der Waals surface area (Å²) < 4.78 is 5.49. The molecule has 2 aromatic carbocycles. The molecule has 22 heavy (non-hydrogen) atoms. The van der Waals surface area contributed by atoms with Crippen molar-refractivity contribution in [3.63, 3.8) is 0 Å². The van der Waals surface area contributed by atoms with E-state index in [0.717, 1.165) is 0 Å². The molecule has 5 nitrogen and oxygen atoms in total. The number of hydrogen-bond acceptors (Lipinski definition) is 4. The molecule has 0 aliphatic rings. The maximum Gasteiger partial charge on any atom is 0.257 e. The fourth-order valence-electron chi connectivity index (χ4n) is 1.85. The molecule has 0 atom stereocenters. The van der Waals surface area contributed by atoms with Crippen molar-refractivity contribution in [2.45, 2.75) is 0 Å². The van der Waals surface area contributed by atoms with E-state index < -0.39 is 0 Å². The Morgan fingerprint density at radius 1 is 1.27 bits per heavy atom. The predicted molar refractivity (Wildman–Crippen MR) is 86.7 cm³/mol. The second-order valence-corrected chi connectivity index (χ2v) is 5.26. The standard InChI is InChI=1S/C16H17ClN2O3/c1-19(2)16(21)13-8-11(17)9-14(15(13)20)18-10-22-12-6-4-3-5-7-12/h3-9,18,20H,10H2,1-2H3. The molecule has 6 heteroatoms. The van der Waals surface area contributed by atoms with Crippen molar-refractivity contribution in [3.8, 4) is 11.5 Å². The van der Waals surface area contributed by atoms with Crippen molar-refractivity contribution in [1.82, 2.24) is 4.90 Å². The number of para-hydroxylation sites is 1. The Balaban J connectivity index is 2.12. The Hall–Kier alpha value is -2.40. The fourth-order valence-corrected chi connectivity index (χ4v) is 2.07. The molecule has 0 spiro atoms. The number of benzene rings is 2. The average Bonchev–Trinajstić information content (AvgIpc) is 2.50. The van der Waals surface area contributed by atoms with E-state index in [1.54, 1.807) is 14.1 Å². The van der Waals surface area contributed by atoms with Gasteiger partial charge in [-0.05, 0) is 24.3 Å². The molecule has 0 saturated carbocycles. The van der Waals surface area contributed by atoms with Gasteiger partial charge in [-0.15, -0.1) is 0 Å². The van der Waals surface area contributed by atoms with E-state index in [2.05, 4.69) is 5.32 Å². The van der Waals surface area contributed by atoms with E-state index >= 15 is 0 Å². The summed E-state index contributed by atoms with van der Waals surface area (Å²) in [5, 5.41) is 13.5. The summed E-state index contributed by atoms with van der Waals surface area (Å²) in [7, 11) is 3.21. The fraction of sp³-hybridized carbons (Fsp3) is 0.188. The highest BCUT2D eigenvalue weighted by Crippen LogP contribution is 2.32. The van der Waals surface area contributed by atoms with Crippen molar-refractivity contribution in [2.24, 2.45) is 0 Å². The summed E-state index contributed by atoms with van der Waals surface area (Å²) in [6.45, 7) is 0.132. The quantitative estimate of drug-likeness (QED) is 0.656. The summed E-state index contributed by atoms with van der Waals surface area (Å²) in [6, 6.07) is 12.2. The highest BCUT2D eigenvalue weighted by molar-refractivity contribution is 6.31. The lowest BCUT2D eigenvalue weighted by Crippen LogP contribution is -2.22. The Morgan fingerprint density at radius 3 is 2.59 bits per heavy atom. The second-order valence-electron chi connectivity index (χ2n) is 4.83. The van der Waals surface area contributed by atoms with E-state index in [1.807, 2.05) is 30.3 Å². The monoisotopic (exact) mass is 320 g/mol. The summed E-state index contributed by atoms with van der Waals surface area (Å²) in [4.78, 5) is 13.4. The first-order valence-electron chi connectivity index (χ1n) is 6.65. The van der Waals surface area contributed by atoms with Crippen LogP contribution in [0, 0.1) is 0 Å². The van der Waals surface area contributed by atoms with Gasteiger partial charge in [0.05, 0.1) is 11.3 Å². The van der Waals surface area contributed by atoms with Crippen LogP contribution < -0.4 is 10.1 Å². The van der Waals surface area contributed by atoms with Gasteiger partial charge in [0.15, 0.2) is 12.5 Å². The van der Waals surface area contributed by atoms with Gasteiger partial charge in [-0.3, -0.25) is 4.79 Å². The topological polar surface area (TPSA) is 61.8 Å². The Labute approximate surface area is 134 Å². The number of ether oxygens (including phenoxy) is 1. The second kappa shape index (κ2) is 7.04. The molecule has 0 aliphatic carbocycles. The van der Waals surface area contributed by atoms with Gasteiger partial charge in [-0.25, -0.2) is 0 Å².